The molecule has 0 radical (unpaired) electrons. The number of nitrogens with one attached hydrogen (secondary N) is 1. The van der Waals surface area contributed by atoms with Crippen LogP contribution in [0, 0.1) is 5.95 Å². The van der Waals surface area contributed by atoms with E-state index in [1.807, 2.05) is 20.8 Å². The number of amides is 2. The molecule has 1 aromatic carbocycles. The fraction of sp³-hybridized carbons (Fsp3) is 0.207. The van der Waals surface area contributed by atoms with Gasteiger partial charge in [0.25, 0.3) is 5.91 Å². The highest BCUT2D eigenvalue weighted by molar-refractivity contribution is 6.08. The van der Waals surface area contributed by atoms with E-state index in [1.54, 1.807) is 67.0 Å². The monoisotopic (exact) mass is 586 g/mol. The van der Waals surface area contributed by atoms with Gasteiger partial charge in [-0.15, -0.1) is 0 Å². The molecule has 4 aromatic rings. The number of aliphatic carboxylic acids is 1. The first-order chi connectivity index (χ1) is 19.7. The number of carboxylic acids is 1. The summed E-state index contributed by atoms with van der Waals surface area (Å²) in [6, 6.07) is 15.6. The number of aromatic nitrogens is 2. The SMILES string of the molecule is CC(C)(C)NC(=O)C(c1cccnc1)N(C(=O)c1ccco1)c1ccc(-c2ccnc(F)c2)cc1.O=C(O)C(F)(F)F. The molecule has 1 atom stereocenters. The Bertz CT molecular complexity index is 1500. The van der Waals surface area contributed by atoms with E-state index in [0.29, 0.717) is 16.8 Å². The quantitative estimate of drug-likeness (QED) is 0.216. The Morgan fingerprint density at radius 1 is 0.952 bits per heavy atom. The number of hydrogen-bond acceptors (Lipinski definition) is 6. The first-order valence-corrected chi connectivity index (χ1v) is 12.3. The number of nitrogens with zero attached hydrogens (tertiary/aromatic N) is 3. The van der Waals surface area contributed by atoms with Crippen LogP contribution < -0.4 is 10.2 Å². The van der Waals surface area contributed by atoms with Gasteiger partial charge in [0, 0.05) is 41.4 Å². The summed E-state index contributed by atoms with van der Waals surface area (Å²) >= 11 is 0. The molecule has 1 unspecified atom stereocenters. The zero-order valence-corrected chi connectivity index (χ0v) is 22.6. The van der Waals surface area contributed by atoms with Crippen molar-refractivity contribution in [1.29, 1.82) is 0 Å². The standard InChI is InChI=1S/C27H25FN4O3.C2HF3O2/c1-27(2,3)31-25(33)24(20-6-4-13-29-17-20)32(26(34)22-7-5-15-35-22)21-10-8-18(9-11-21)19-12-14-30-23(28)16-19;3-2(4,5)1(6)7/h4-17,24H,1-3H3,(H,31,33);(H,6,7). The van der Waals surface area contributed by atoms with E-state index in [9.17, 15) is 27.2 Å². The maximum Gasteiger partial charge on any atom is 0.490 e. The molecule has 2 amide bonds. The zero-order chi connectivity index (χ0) is 31.1. The maximum absolute atomic E-state index is 13.7. The summed E-state index contributed by atoms with van der Waals surface area (Å²) in [5.74, 6) is -4.12. The van der Waals surface area contributed by atoms with E-state index < -0.39 is 35.6 Å². The Hall–Kier alpha value is -5.07. The van der Waals surface area contributed by atoms with Gasteiger partial charge in [-0.1, -0.05) is 18.2 Å². The fourth-order valence-electron chi connectivity index (χ4n) is 3.69. The van der Waals surface area contributed by atoms with Crippen LogP contribution in [-0.4, -0.2) is 44.6 Å². The highest BCUT2D eigenvalue weighted by Crippen LogP contribution is 2.32. The van der Waals surface area contributed by atoms with E-state index in [2.05, 4.69) is 15.3 Å². The number of carboxylic acid groups (broad SMARTS) is 1. The number of alkyl halides is 3. The number of anilines is 1. The third kappa shape index (κ3) is 8.46. The predicted molar refractivity (Wildman–Crippen MR) is 144 cm³/mol. The molecule has 0 aliphatic carbocycles. The lowest BCUT2D eigenvalue weighted by Crippen LogP contribution is -2.49. The van der Waals surface area contributed by atoms with Gasteiger partial charge in [0.1, 0.15) is 6.04 Å². The molecule has 3 aromatic heterocycles. The molecule has 220 valence electrons. The lowest BCUT2D eigenvalue weighted by Gasteiger charge is -2.33. The number of rotatable bonds is 6. The summed E-state index contributed by atoms with van der Waals surface area (Å²) in [4.78, 5) is 45.3. The summed E-state index contributed by atoms with van der Waals surface area (Å²) in [5.41, 5.74) is 1.84. The summed E-state index contributed by atoms with van der Waals surface area (Å²) in [6.07, 6.45) is 0.869. The van der Waals surface area contributed by atoms with Crippen LogP contribution in [0.3, 0.4) is 0 Å². The van der Waals surface area contributed by atoms with Gasteiger partial charge in [0.15, 0.2) is 5.76 Å². The molecule has 0 aliphatic heterocycles. The molecule has 0 saturated heterocycles. The average molecular weight is 587 g/mol. The molecule has 0 fully saturated rings. The number of hydrogen-bond donors (Lipinski definition) is 2. The van der Waals surface area contributed by atoms with Gasteiger partial charge in [-0.3, -0.25) is 19.5 Å². The van der Waals surface area contributed by atoms with E-state index in [0.717, 1.165) is 5.56 Å². The van der Waals surface area contributed by atoms with Crippen LogP contribution in [0.1, 0.15) is 42.9 Å². The van der Waals surface area contributed by atoms with Crippen molar-refractivity contribution < 1.29 is 41.5 Å². The van der Waals surface area contributed by atoms with Gasteiger partial charge in [0.05, 0.1) is 6.26 Å². The van der Waals surface area contributed by atoms with Crippen molar-refractivity contribution >= 4 is 23.5 Å². The van der Waals surface area contributed by atoms with Crippen molar-refractivity contribution in [2.75, 3.05) is 4.90 Å². The van der Waals surface area contributed by atoms with E-state index >= 15 is 0 Å². The van der Waals surface area contributed by atoms with Gasteiger partial charge in [-0.2, -0.15) is 17.6 Å². The molecule has 0 aliphatic rings. The van der Waals surface area contributed by atoms with E-state index in [1.165, 1.54) is 23.4 Å². The van der Waals surface area contributed by atoms with Crippen LogP contribution >= 0.6 is 0 Å². The van der Waals surface area contributed by atoms with Crippen molar-refractivity contribution in [2.45, 2.75) is 38.5 Å². The molecule has 0 spiro atoms. The van der Waals surface area contributed by atoms with Crippen molar-refractivity contribution in [3.8, 4) is 11.1 Å². The highest BCUT2D eigenvalue weighted by Gasteiger charge is 2.38. The van der Waals surface area contributed by atoms with Crippen molar-refractivity contribution in [3.05, 3.63) is 103 Å². The number of carbonyl (C=O) groups excluding carboxylic acids is 2. The fourth-order valence-corrected chi connectivity index (χ4v) is 3.69. The van der Waals surface area contributed by atoms with E-state index in [4.69, 9.17) is 14.3 Å². The topological polar surface area (TPSA) is 126 Å². The Labute approximate surface area is 237 Å². The third-order valence-electron chi connectivity index (χ3n) is 5.40. The molecule has 2 N–H and O–H groups in total. The van der Waals surface area contributed by atoms with E-state index in [-0.39, 0.29) is 11.7 Å². The minimum atomic E-state index is -5.08. The van der Waals surface area contributed by atoms with Gasteiger partial charge in [-0.05, 0) is 68.3 Å². The second-order valence-corrected chi connectivity index (χ2v) is 9.80. The summed E-state index contributed by atoms with van der Waals surface area (Å²) in [7, 11) is 0. The van der Waals surface area contributed by atoms with Crippen molar-refractivity contribution in [3.63, 3.8) is 0 Å². The Morgan fingerprint density at radius 2 is 1.62 bits per heavy atom. The maximum atomic E-state index is 13.7. The molecular formula is C29H26F4N4O5. The smallest absolute Gasteiger partial charge is 0.475 e. The van der Waals surface area contributed by atoms with Gasteiger partial charge < -0.3 is 14.8 Å². The first kappa shape index (κ1) is 31.5. The lowest BCUT2D eigenvalue weighted by atomic mass is 10.0. The average Bonchev–Trinajstić information content (AvgIpc) is 3.46. The van der Waals surface area contributed by atoms with Crippen LogP contribution in [0.2, 0.25) is 0 Å². The van der Waals surface area contributed by atoms with Crippen LogP contribution in [0.15, 0.2) is 89.9 Å². The second kappa shape index (κ2) is 13.1. The molecule has 13 heteroatoms. The highest BCUT2D eigenvalue weighted by atomic mass is 19.4. The van der Waals surface area contributed by atoms with Crippen LogP contribution in [0.4, 0.5) is 23.2 Å². The summed E-state index contributed by atoms with van der Waals surface area (Å²) in [5, 5.41) is 10.1. The number of benzene rings is 1. The molecule has 9 nitrogen and oxygen atoms in total. The minimum absolute atomic E-state index is 0.0859. The van der Waals surface area contributed by atoms with Gasteiger partial charge in [-0.25, -0.2) is 9.78 Å². The molecule has 0 bridgehead atoms. The molecule has 3 heterocycles. The lowest BCUT2D eigenvalue weighted by molar-refractivity contribution is -0.192. The normalized spacial score (nSPS) is 12.0. The second-order valence-electron chi connectivity index (χ2n) is 9.80. The summed E-state index contributed by atoms with van der Waals surface area (Å²) in [6.45, 7) is 5.60. The minimum Gasteiger partial charge on any atom is -0.475 e. The van der Waals surface area contributed by atoms with Gasteiger partial charge >= 0.3 is 12.1 Å². The number of carbonyl (C=O) groups is 3. The Kier molecular flexibility index (Phi) is 9.78. The molecule has 42 heavy (non-hydrogen) atoms. The number of furan rings is 1. The first-order valence-electron chi connectivity index (χ1n) is 12.3. The predicted octanol–water partition coefficient (Wildman–Crippen LogP) is 5.81. The molecule has 0 saturated carbocycles. The molecule has 4 rings (SSSR count). The summed E-state index contributed by atoms with van der Waals surface area (Å²) < 4.78 is 50.7. The largest absolute Gasteiger partial charge is 0.490 e. The molecular weight excluding hydrogens is 560 g/mol. The zero-order valence-electron chi connectivity index (χ0n) is 22.6. The number of pyridine rings is 2. The Morgan fingerprint density at radius 3 is 2.12 bits per heavy atom. The Balaban J connectivity index is 0.000000616. The van der Waals surface area contributed by atoms with Crippen molar-refractivity contribution in [1.82, 2.24) is 15.3 Å². The number of halogens is 4. The van der Waals surface area contributed by atoms with Crippen LogP contribution in [0.5, 0.6) is 0 Å². The van der Waals surface area contributed by atoms with Crippen LogP contribution in [-0.2, 0) is 9.59 Å². The van der Waals surface area contributed by atoms with Gasteiger partial charge in [0.2, 0.25) is 11.9 Å². The van der Waals surface area contributed by atoms with Crippen LogP contribution in [0.25, 0.3) is 11.1 Å². The van der Waals surface area contributed by atoms with Crippen molar-refractivity contribution in [2.24, 2.45) is 0 Å². The third-order valence-corrected chi connectivity index (χ3v) is 5.40.